The highest BCUT2D eigenvalue weighted by Crippen LogP contribution is 2.06. The molecule has 0 fully saturated rings. The first-order valence-corrected chi connectivity index (χ1v) is 8.66. The average molecular weight is 350 g/mol. The summed E-state index contributed by atoms with van der Waals surface area (Å²) in [7, 11) is 0. The normalized spacial score (nSPS) is 10.7. The van der Waals surface area contributed by atoms with Gasteiger partial charge >= 0.3 is 0 Å². The summed E-state index contributed by atoms with van der Waals surface area (Å²) in [4.78, 5) is 28.5. The van der Waals surface area contributed by atoms with Crippen LogP contribution in [0.25, 0.3) is 5.65 Å². The van der Waals surface area contributed by atoms with Crippen molar-refractivity contribution in [1.29, 1.82) is 0 Å². The number of fused-ring (bicyclic) bond motifs is 1. The second-order valence-electron chi connectivity index (χ2n) is 6.12. The minimum Gasteiger partial charge on any atom is -0.356 e. The number of aryl methyl sites for hydroxylation is 1. The van der Waals surface area contributed by atoms with Gasteiger partial charge in [0, 0.05) is 43.9 Å². The molecule has 0 atom stereocenters. The van der Waals surface area contributed by atoms with E-state index in [9.17, 15) is 9.59 Å². The van der Waals surface area contributed by atoms with Crippen LogP contribution >= 0.6 is 0 Å². The molecule has 6 nitrogen and oxygen atoms in total. The van der Waals surface area contributed by atoms with E-state index in [2.05, 4.69) is 15.6 Å². The largest absolute Gasteiger partial charge is 0.356 e. The predicted molar refractivity (Wildman–Crippen MR) is 100 cm³/mol. The molecule has 0 aliphatic carbocycles. The highest BCUT2D eigenvalue weighted by atomic mass is 16.2. The molecule has 2 aromatic heterocycles. The first-order chi connectivity index (χ1) is 12.6. The standard InChI is InChI=1S/C20H22N4O2/c1-15-6-2-3-7-17(15)20(26)22-12-10-19(25)21-11-9-16-14-24-13-5-4-8-18(24)23-16/h2-8,13-14H,9-12H2,1H3,(H,21,25)(H,22,26). The van der Waals surface area contributed by atoms with Crippen molar-refractivity contribution in [2.45, 2.75) is 19.8 Å². The van der Waals surface area contributed by atoms with E-state index in [-0.39, 0.29) is 18.2 Å². The van der Waals surface area contributed by atoms with Crippen molar-refractivity contribution in [3.8, 4) is 0 Å². The fourth-order valence-electron chi connectivity index (χ4n) is 2.74. The Hall–Kier alpha value is -3.15. The summed E-state index contributed by atoms with van der Waals surface area (Å²) in [5.74, 6) is -0.237. The van der Waals surface area contributed by atoms with E-state index >= 15 is 0 Å². The summed E-state index contributed by atoms with van der Waals surface area (Å²) in [5, 5.41) is 5.64. The quantitative estimate of drug-likeness (QED) is 0.685. The first-order valence-electron chi connectivity index (χ1n) is 8.66. The number of nitrogens with zero attached hydrogens (tertiary/aromatic N) is 2. The van der Waals surface area contributed by atoms with E-state index in [1.165, 1.54) is 0 Å². The molecular formula is C20H22N4O2. The molecule has 2 amide bonds. The summed E-state index contributed by atoms with van der Waals surface area (Å²) in [6.45, 7) is 2.72. The van der Waals surface area contributed by atoms with Gasteiger partial charge in [-0.25, -0.2) is 4.98 Å². The van der Waals surface area contributed by atoms with Crippen LogP contribution in [0.5, 0.6) is 0 Å². The molecule has 0 unspecified atom stereocenters. The molecule has 3 aromatic rings. The van der Waals surface area contributed by atoms with Gasteiger partial charge in [-0.1, -0.05) is 24.3 Å². The van der Waals surface area contributed by atoms with Crippen LogP contribution < -0.4 is 10.6 Å². The van der Waals surface area contributed by atoms with E-state index in [0.717, 1.165) is 16.9 Å². The zero-order chi connectivity index (χ0) is 18.4. The minimum absolute atomic E-state index is 0.0844. The van der Waals surface area contributed by atoms with Crippen LogP contribution in [0.1, 0.15) is 28.0 Å². The molecule has 0 aliphatic rings. The zero-order valence-electron chi connectivity index (χ0n) is 14.7. The molecule has 0 spiro atoms. The molecule has 0 bridgehead atoms. The molecule has 0 radical (unpaired) electrons. The van der Waals surface area contributed by atoms with Gasteiger partial charge in [-0.2, -0.15) is 0 Å². The molecule has 2 N–H and O–H groups in total. The Balaban J connectivity index is 1.38. The monoisotopic (exact) mass is 350 g/mol. The van der Waals surface area contributed by atoms with Crippen molar-refractivity contribution >= 4 is 17.5 Å². The zero-order valence-corrected chi connectivity index (χ0v) is 14.7. The highest BCUT2D eigenvalue weighted by molar-refractivity contribution is 5.95. The van der Waals surface area contributed by atoms with Crippen LogP contribution in [0.15, 0.2) is 54.9 Å². The van der Waals surface area contributed by atoms with Crippen LogP contribution in [0.3, 0.4) is 0 Å². The Morgan fingerprint density at radius 1 is 1.04 bits per heavy atom. The minimum atomic E-state index is -0.152. The second-order valence-corrected chi connectivity index (χ2v) is 6.12. The SMILES string of the molecule is Cc1ccccc1C(=O)NCCC(=O)NCCc1cn2ccccc2n1. The number of rotatable bonds is 7. The summed E-state index contributed by atoms with van der Waals surface area (Å²) in [5.41, 5.74) is 3.39. The molecule has 134 valence electrons. The van der Waals surface area contributed by atoms with Gasteiger partial charge in [0.15, 0.2) is 0 Å². The van der Waals surface area contributed by atoms with Gasteiger partial charge in [0.25, 0.3) is 5.91 Å². The smallest absolute Gasteiger partial charge is 0.251 e. The lowest BCUT2D eigenvalue weighted by Gasteiger charge is -2.08. The maximum Gasteiger partial charge on any atom is 0.251 e. The number of carbonyl (C=O) groups excluding carboxylic acids is 2. The molecule has 0 saturated carbocycles. The number of nitrogens with one attached hydrogen (secondary N) is 2. The summed E-state index contributed by atoms with van der Waals surface area (Å²) < 4.78 is 1.96. The molecule has 1 aromatic carbocycles. The molecule has 26 heavy (non-hydrogen) atoms. The van der Waals surface area contributed by atoms with E-state index in [4.69, 9.17) is 0 Å². The Labute approximate surface area is 152 Å². The van der Waals surface area contributed by atoms with Crippen LogP contribution in [-0.4, -0.2) is 34.3 Å². The van der Waals surface area contributed by atoms with Gasteiger partial charge in [0.2, 0.25) is 5.91 Å². The summed E-state index contributed by atoms with van der Waals surface area (Å²) in [6, 6.07) is 13.2. The number of aromatic nitrogens is 2. The molecule has 3 rings (SSSR count). The van der Waals surface area contributed by atoms with Crippen molar-refractivity contribution < 1.29 is 9.59 Å². The number of pyridine rings is 1. The third-order valence-corrected chi connectivity index (χ3v) is 4.14. The van der Waals surface area contributed by atoms with Gasteiger partial charge in [0.1, 0.15) is 5.65 Å². The lowest BCUT2D eigenvalue weighted by atomic mass is 10.1. The van der Waals surface area contributed by atoms with E-state index in [1.807, 2.05) is 60.1 Å². The third kappa shape index (κ3) is 4.47. The number of amides is 2. The van der Waals surface area contributed by atoms with Gasteiger partial charge in [0.05, 0.1) is 5.69 Å². The van der Waals surface area contributed by atoms with Crippen molar-refractivity contribution in [3.05, 3.63) is 71.7 Å². The van der Waals surface area contributed by atoms with E-state index in [1.54, 1.807) is 6.07 Å². The third-order valence-electron chi connectivity index (χ3n) is 4.14. The lowest BCUT2D eigenvalue weighted by molar-refractivity contribution is -0.120. The topological polar surface area (TPSA) is 75.5 Å². The van der Waals surface area contributed by atoms with E-state index < -0.39 is 0 Å². The van der Waals surface area contributed by atoms with Crippen LogP contribution in [0.2, 0.25) is 0 Å². The number of hydrogen-bond donors (Lipinski definition) is 2. The number of benzene rings is 1. The molecular weight excluding hydrogens is 328 g/mol. The Morgan fingerprint density at radius 2 is 1.85 bits per heavy atom. The fourth-order valence-corrected chi connectivity index (χ4v) is 2.74. The number of imidazole rings is 1. The van der Waals surface area contributed by atoms with Crippen molar-refractivity contribution in [3.63, 3.8) is 0 Å². The van der Waals surface area contributed by atoms with E-state index in [0.29, 0.717) is 25.1 Å². The summed E-state index contributed by atoms with van der Waals surface area (Å²) >= 11 is 0. The molecule has 0 aliphatic heterocycles. The maximum atomic E-state index is 12.1. The Morgan fingerprint density at radius 3 is 2.65 bits per heavy atom. The first kappa shape index (κ1) is 17.7. The second kappa shape index (κ2) is 8.29. The Kier molecular flexibility index (Phi) is 5.63. The maximum absolute atomic E-state index is 12.1. The Bertz CT molecular complexity index is 884. The van der Waals surface area contributed by atoms with Gasteiger partial charge < -0.3 is 15.0 Å². The predicted octanol–water partition coefficient (Wildman–Crippen LogP) is 2.12. The van der Waals surface area contributed by atoms with Crippen molar-refractivity contribution in [2.75, 3.05) is 13.1 Å². The number of hydrogen-bond acceptors (Lipinski definition) is 3. The lowest BCUT2D eigenvalue weighted by Crippen LogP contribution is -2.31. The van der Waals surface area contributed by atoms with Crippen LogP contribution in [0, 0.1) is 6.92 Å². The van der Waals surface area contributed by atoms with Crippen molar-refractivity contribution in [2.24, 2.45) is 0 Å². The molecule has 6 heteroatoms. The number of carbonyl (C=O) groups is 2. The van der Waals surface area contributed by atoms with Gasteiger partial charge in [-0.15, -0.1) is 0 Å². The molecule has 0 saturated heterocycles. The average Bonchev–Trinajstić information content (AvgIpc) is 3.04. The van der Waals surface area contributed by atoms with Gasteiger partial charge in [-0.3, -0.25) is 9.59 Å². The molecule has 2 heterocycles. The van der Waals surface area contributed by atoms with Crippen LogP contribution in [0.4, 0.5) is 0 Å². The highest BCUT2D eigenvalue weighted by Gasteiger charge is 2.09. The van der Waals surface area contributed by atoms with Gasteiger partial charge in [-0.05, 0) is 30.7 Å². The van der Waals surface area contributed by atoms with Crippen LogP contribution in [-0.2, 0) is 11.2 Å². The van der Waals surface area contributed by atoms with Crippen molar-refractivity contribution in [1.82, 2.24) is 20.0 Å². The summed E-state index contributed by atoms with van der Waals surface area (Å²) in [6.07, 6.45) is 4.83. The fraction of sp³-hybridized carbons (Fsp3) is 0.250.